The van der Waals surface area contributed by atoms with Gasteiger partial charge in [-0.25, -0.2) is 9.78 Å². The van der Waals surface area contributed by atoms with Crippen molar-refractivity contribution in [3.63, 3.8) is 0 Å². The second-order valence-corrected chi connectivity index (χ2v) is 11.9. The Bertz CT molecular complexity index is 455. The molecule has 7 heteroatoms. The van der Waals surface area contributed by atoms with Crippen molar-refractivity contribution in [3.8, 4) is 0 Å². The van der Waals surface area contributed by atoms with Gasteiger partial charge < -0.3 is 9.47 Å². The highest BCUT2D eigenvalue weighted by atomic mass is 79.9. The molecule has 0 unspecified atom stereocenters. The number of hydrogen-bond donors (Lipinski definition) is 0. The molecule has 1 aromatic rings. The molecule has 0 fully saturated rings. The topological polar surface area (TPSA) is 53.3 Å². The van der Waals surface area contributed by atoms with Gasteiger partial charge in [-0.3, -0.25) is 4.57 Å². The van der Waals surface area contributed by atoms with Crippen molar-refractivity contribution in [1.82, 2.24) is 9.55 Å². The first kappa shape index (κ1) is 16.4. The van der Waals surface area contributed by atoms with Crippen LogP contribution in [0.2, 0.25) is 25.7 Å². The number of methoxy groups -OCH3 is 1. The zero-order valence-electron chi connectivity index (χ0n) is 12.1. The van der Waals surface area contributed by atoms with E-state index in [0.29, 0.717) is 11.3 Å². The summed E-state index contributed by atoms with van der Waals surface area (Å²) >= 11 is 3.36. The van der Waals surface area contributed by atoms with Crippen molar-refractivity contribution in [1.29, 1.82) is 0 Å². The van der Waals surface area contributed by atoms with E-state index in [1.165, 1.54) is 7.11 Å². The quantitative estimate of drug-likeness (QED) is 0.450. The van der Waals surface area contributed by atoms with Gasteiger partial charge in [0.1, 0.15) is 17.2 Å². The summed E-state index contributed by atoms with van der Waals surface area (Å²) in [4.78, 5) is 15.7. The van der Waals surface area contributed by atoms with Crippen LogP contribution in [0.4, 0.5) is 0 Å². The molecule has 19 heavy (non-hydrogen) atoms. The minimum absolute atomic E-state index is 0.286. The molecule has 0 amide bonds. The first-order chi connectivity index (χ1) is 8.76. The molecule has 0 aliphatic carbocycles. The van der Waals surface area contributed by atoms with Crippen LogP contribution in [-0.4, -0.2) is 37.3 Å². The number of carbonyl (C=O) groups excluding carboxylic acids is 1. The smallest absolute Gasteiger partial charge is 0.359 e. The van der Waals surface area contributed by atoms with Gasteiger partial charge in [0.25, 0.3) is 0 Å². The van der Waals surface area contributed by atoms with Gasteiger partial charge in [0.05, 0.1) is 7.11 Å². The normalized spacial score (nSPS) is 11.7. The van der Waals surface area contributed by atoms with Gasteiger partial charge in [-0.05, 0) is 28.9 Å². The lowest BCUT2D eigenvalue weighted by atomic mass is 10.5. The number of halogens is 1. The summed E-state index contributed by atoms with van der Waals surface area (Å²) in [5, 5.41) is 0. The second kappa shape index (κ2) is 6.67. The number of esters is 1. The fourth-order valence-electron chi connectivity index (χ4n) is 1.45. The molecule has 0 radical (unpaired) electrons. The van der Waals surface area contributed by atoms with Crippen LogP contribution in [0.5, 0.6) is 0 Å². The van der Waals surface area contributed by atoms with E-state index in [-0.39, 0.29) is 5.69 Å². The van der Waals surface area contributed by atoms with E-state index in [0.717, 1.165) is 18.5 Å². The molecule has 0 atom stereocenters. The highest BCUT2D eigenvalue weighted by molar-refractivity contribution is 9.10. The lowest BCUT2D eigenvalue weighted by molar-refractivity contribution is 0.0591. The highest BCUT2D eigenvalue weighted by Gasteiger charge is 2.19. The fraction of sp³-hybridized carbons (Fsp3) is 0.667. The van der Waals surface area contributed by atoms with Crippen LogP contribution in [-0.2, 0) is 16.2 Å². The van der Waals surface area contributed by atoms with Crippen molar-refractivity contribution in [2.75, 3.05) is 13.7 Å². The van der Waals surface area contributed by atoms with Gasteiger partial charge in [0.2, 0.25) is 0 Å². The van der Waals surface area contributed by atoms with Crippen molar-refractivity contribution in [2.24, 2.45) is 0 Å². The summed E-state index contributed by atoms with van der Waals surface area (Å²) in [6.45, 7) is 9.88. The standard InChI is InChI=1S/C12H21BrN2O3Si/c1-9-14-10(12(16)17-2)11(13)15(9)8-18-6-7-19(3,4)5/h6-8H2,1-5H3. The Morgan fingerprint density at radius 3 is 2.58 bits per heavy atom. The SMILES string of the molecule is COC(=O)c1nc(C)n(COCC[Si](C)(C)C)c1Br. The minimum Gasteiger partial charge on any atom is -0.464 e. The molecule has 1 aromatic heterocycles. The van der Waals surface area contributed by atoms with Crippen LogP contribution >= 0.6 is 15.9 Å². The number of hydrogen-bond acceptors (Lipinski definition) is 4. The van der Waals surface area contributed by atoms with Gasteiger partial charge in [-0.1, -0.05) is 19.6 Å². The second-order valence-electron chi connectivity index (χ2n) is 5.57. The lowest BCUT2D eigenvalue weighted by Crippen LogP contribution is -2.22. The molecule has 0 aromatic carbocycles. The van der Waals surface area contributed by atoms with Crippen LogP contribution in [0.25, 0.3) is 0 Å². The summed E-state index contributed by atoms with van der Waals surface area (Å²) in [6, 6.07) is 1.11. The molecular formula is C12H21BrN2O3Si. The summed E-state index contributed by atoms with van der Waals surface area (Å²) in [5.74, 6) is 0.274. The molecule has 0 bridgehead atoms. The third-order valence-electron chi connectivity index (χ3n) is 2.69. The fourth-order valence-corrected chi connectivity index (χ4v) is 2.82. The Balaban J connectivity index is 2.64. The Morgan fingerprint density at radius 2 is 2.05 bits per heavy atom. The van der Waals surface area contributed by atoms with Crippen molar-refractivity contribution < 1.29 is 14.3 Å². The molecule has 0 spiro atoms. The number of rotatable bonds is 6. The number of carbonyl (C=O) groups is 1. The molecule has 0 saturated heterocycles. The maximum atomic E-state index is 11.5. The summed E-state index contributed by atoms with van der Waals surface area (Å²) in [5.41, 5.74) is 0.286. The van der Waals surface area contributed by atoms with Crippen LogP contribution in [0.3, 0.4) is 0 Å². The van der Waals surface area contributed by atoms with E-state index >= 15 is 0 Å². The van der Waals surface area contributed by atoms with Crippen molar-refractivity contribution in [2.45, 2.75) is 39.3 Å². The van der Waals surface area contributed by atoms with E-state index < -0.39 is 14.0 Å². The van der Waals surface area contributed by atoms with Crippen LogP contribution in [0.1, 0.15) is 16.3 Å². The number of nitrogens with zero attached hydrogens (tertiary/aromatic N) is 2. The zero-order chi connectivity index (χ0) is 14.6. The molecule has 0 saturated carbocycles. The number of ether oxygens (including phenoxy) is 2. The maximum absolute atomic E-state index is 11.5. The van der Waals surface area contributed by atoms with Gasteiger partial charge in [-0.2, -0.15) is 0 Å². The van der Waals surface area contributed by atoms with Crippen LogP contribution in [0.15, 0.2) is 4.60 Å². The molecule has 108 valence electrons. The summed E-state index contributed by atoms with van der Waals surface area (Å²) in [7, 11) is 0.264. The average molecular weight is 349 g/mol. The van der Waals surface area contributed by atoms with Crippen LogP contribution < -0.4 is 0 Å². The first-order valence-corrected chi connectivity index (χ1v) is 10.6. The number of aromatic nitrogens is 2. The molecular weight excluding hydrogens is 328 g/mol. The molecule has 0 N–H and O–H groups in total. The predicted octanol–water partition coefficient (Wildman–Crippen LogP) is 3.05. The molecule has 1 heterocycles. The third kappa shape index (κ3) is 4.74. The van der Waals surface area contributed by atoms with Gasteiger partial charge >= 0.3 is 5.97 Å². The zero-order valence-corrected chi connectivity index (χ0v) is 14.7. The van der Waals surface area contributed by atoms with Crippen LogP contribution in [0, 0.1) is 6.92 Å². The third-order valence-corrected chi connectivity index (χ3v) is 5.20. The summed E-state index contributed by atoms with van der Waals surface area (Å²) in [6.07, 6.45) is 0. The number of aryl methyl sites for hydroxylation is 1. The average Bonchev–Trinajstić information content (AvgIpc) is 2.59. The van der Waals surface area contributed by atoms with E-state index in [4.69, 9.17) is 4.74 Å². The molecule has 0 aliphatic rings. The number of imidazole rings is 1. The van der Waals surface area contributed by atoms with Crippen molar-refractivity contribution >= 4 is 30.0 Å². The van der Waals surface area contributed by atoms with E-state index in [1.54, 1.807) is 0 Å². The Morgan fingerprint density at radius 1 is 1.42 bits per heavy atom. The van der Waals surface area contributed by atoms with Gasteiger partial charge in [-0.15, -0.1) is 0 Å². The van der Waals surface area contributed by atoms with Gasteiger partial charge in [0, 0.05) is 14.7 Å². The molecule has 5 nitrogen and oxygen atoms in total. The Kier molecular flexibility index (Phi) is 5.75. The minimum atomic E-state index is -1.08. The van der Waals surface area contributed by atoms with E-state index in [2.05, 4.69) is 45.3 Å². The van der Waals surface area contributed by atoms with Crippen molar-refractivity contribution in [3.05, 3.63) is 16.1 Å². The first-order valence-electron chi connectivity index (χ1n) is 6.15. The van der Waals surface area contributed by atoms with E-state index in [1.807, 2.05) is 11.5 Å². The monoisotopic (exact) mass is 348 g/mol. The molecule has 1 rings (SSSR count). The Hall–Kier alpha value is -0.663. The van der Waals surface area contributed by atoms with Gasteiger partial charge in [0.15, 0.2) is 5.69 Å². The lowest BCUT2D eigenvalue weighted by Gasteiger charge is -2.16. The largest absolute Gasteiger partial charge is 0.464 e. The highest BCUT2D eigenvalue weighted by Crippen LogP contribution is 2.19. The Labute approximate surface area is 123 Å². The molecule has 0 aliphatic heterocycles. The predicted molar refractivity (Wildman–Crippen MR) is 80.1 cm³/mol. The summed E-state index contributed by atoms with van der Waals surface area (Å²) < 4.78 is 12.8. The maximum Gasteiger partial charge on any atom is 0.359 e. The van der Waals surface area contributed by atoms with E-state index in [9.17, 15) is 4.79 Å².